The van der Waals surface area contributed by atoms with Gasteiger partial charge in [0.25, 0.3) is 0 Å². The van der Waals surface area contributed by atoms with Gasteiger partial charge in [-0.2, -0.15) is 0 Å². The van der Waals surface area contributed by atoms with Crippen LogP contribution in [0.3, 0.4) is 0 Å². The molecule has 1 fully saturated rings. The second kappa shape index (κ2) is 3.87. The summed E-state index contributed by atoms with van der Waals surface area (Å²) in [4.78, 5) is 0. The van der Waals surface area contributed by atoms with Crippen molar-refractivity contribution in [1.29, 1.82) is 0 Å². The number of nitrogen functional groups attached to an aromatic ring is 2. The van der Waals surface area contributed by atoms with E-state index in [2.05, 4.69) is 31.0 Å². The molecule has 1 aromatic rings. The fourth-order valence-corrected chi connectivity index (χ4v) is 2.87. The molecule has 0 spiro atoms. The lowest BCUT2D eigenvalue weighted by Gasteiger charge is -2.46. The van der Waals surface area contributed by atoms with E-state index in [4.69, 9.17) is 17.3 Å². The maximum atomic E-state index is 6.14. The van der Waals surface area contributed by atoms with Crippen molar-refractivity contribution in [2.24, 2.45) is 17.1 Å². The largest absolute Gasteiger partial charge is 0.366 e. The average molecular weight is 238 g/mol. The van der Waals surface area contributed by atoms with Crippen LogP contribution in [-0.2, 0) is 0 Å². The van der Waals surface area contributed by atoms with Crippen LogP contribution >= 0.6 is 0 Å². The second-order valence-electron chi connectivity index (χ2n) is 5.69. The molecule has 6 heteroatoms. The highest BCUT2D eigenvalue weighted by molar-refractivity contribution is 5.21. The predicted molar refractivity (Wildman–Crippen MR) is 67.5 cm³/mol. The minimum Gasteiger partial charge on any atom is -0.366 e. The normalized spacial score (nSPS) is 32.6. The molecule has 1 aliphatic carbocycles. The van der Waals surface area contributed by atoms with E-state index in [1.54, 1.807) is 0 Å². The Labute approximate surface area is 102 Å². The van der Waals surface area contributed by atoms with Crippen LogP contribution in [0.15, 0.2) is 0 Å². The zero-order chi connectivity index (χ0) is 12.8. The van der Waals surface area contributed by atoms with Crippen LogP contribution < -0.4 is 17.3 Å². The molecule has 17 heavy (non-hydrogen) atoms. The van der Waals surface area contributed by atoms with Gasteiger partial charge in [0, 0.05) is 12.0 Å². The minimum atomic E-state index is 0.0499. The van der Waals surface area contributed by atoms with Gasteiger partial charge in [0.15, 0.2) is 5.82 Å². The van der Waals surface area contributed by atoms with Crippen molar-refractivity contribution in [3.63, 3.8) is 0 Å². The van der Waals surface area contributed by atoms with E-state index >= 15 is 0 Å². The van der Waals surface area contributed by atoms with Gasteiger partial charge >= 0.3 is 0 Å². The quantitative estimate of drug-likeness (QED) is 0.615. The molecular weight excluding hydrogens is 216 g/mol. The molecule has 0 aromatic carbocycles. The molecule has 1 heterocycles. The summed E-state index contributed by atoms with van der Waals surface area (Å²) in [6, 6.07) is 0.243. The summed E-state index contributed by atoms with van der Waals surface area (Å²) >= 11 is 0. The van der Waals surface area contributed by atoms with E-state index in [0.717, 1.165) is 18.7 Å². The monoisotopic (exact) mass is 238 g/mol. The van der Waals surface area contributed by atoms with Gasteiger partial charge in [-0.1, -0.05) is 20.8 Å². The number of hydrogen-bond acceptors (Lipinski definition) is 5. The van der Waals surface area contributed by atoms with Gasteiger partial charge in [-0.3, -0.25) is 0 Å². The van der Waals surface area contributed by atoms with Gasteiger partial charge in [-0.15, -0.1) is 10.2 Å². The van der Waals surface area contributed by atoms with E-state index in [1.165, 1.54) is 4.68 Å². The van der Waals surface area contributed by atoms with Crippen LogP contribution in [0.1, 0.15) is 45.4 Å². The van der Waals surface area contributed by atoms with Gasteiger partial charge in [-0.05, 0) is 24.2 Å². The Hall–Kier alpha value is -1.30. The van der Waals surface area contributed by atoms with Gasteiger partial charge in [-0.25, -0.2) is 4.68 Å². The van der Waals surface area contributed by atoms with Gasteiger partial charge < -0.3 is 17.3 Å². The molecule has 0 saturated heterocycles. The third-order valence-electron chi connectivity index (χ3n) is 4.56. The molecular formula is C11H22N6. The predicted octanol–water partition coefficient (Wildman–Crippen LogP) is 0.441. The molecule has 3 unspecified atom stereocenters. The average Bonchev–Trinajstić information content (AvgIpc) is 2.58. The number of rotatable bonds is 1. The first-order valence-corrected chi connectivity index (χ1v) is 6.07. The number of nitrogens with two attached hydrogens (primary N) is 3. The SMILES string of the molecule is CC1C(N)CCC(c2nnc(N)n2N)C1(C)C. The number of hydrogen-bond donors (Lipinski definition) is 3. The van der Waals surface area contributed by atoms with E-state index in [1.807, 2.05) is 0 Å². The number of aromatic nitrogens is 3. The zero-order valence-electron chi connectivity index (χ0n) is 10.7. The summed E-state index contributed by atoms with van der Waals surface area (Å²) in [6.07, 6.45) is 1.97. The molecule has 1 saturated carbocycles. The Morgan fingerprint density at radius 1 is 1.29 bits per heavy atom. The Morgan fingerprint density at radius 2 is 1.94 bits per heavy atom. The maximum absolute atomic E-state index is 6.14. The van der Waals surface area contributed by atoms with Gasteiger partial charge in [0.1, 0.15) is 0 Å². The number of nitrogens with zero attached hydrogens (tertiary/aromatic N) is 3. The Kier molecular flexibility index (Phi) is 2.77. The first-order chi connectivity index (χ1) is 7.85. The van der Waals surface area contributed by atoms with Crippen molar-refractivity contribution in [2.75, 3.05) is 11.6 Å². The Balaban J connectivity index is 2.36. The summed E-state index contributed by atoms with van der Waals surface area (Å²) in [5, 5.41) is 7.95. The van der Waals surface area contributed by atoms with E-state index in [0.29, 0.717) is 5.92 Å². The standard InChI is InChI=1S/C11H22N6/c1-6-8(12)5-4-7(11(6,2)3)9-15-16-10(13)17(9)14/h6-8H,4-5,12,14H2,1-3H3,(H2,13,16). The van der Waals surface area contributed by atoms with Crippen molar-refractivity contribution in [3.05, 3.63) is 5.82 Å². The van der Waals surface area contributed by atoms with E-state index in [-0.39, 0.29) is 23.3 Å². The summed E-state index contributed by atoms with van der Waals surface area (Å²) in [5.41, 5.74) is 11.8. The van der Waals surface area contributed by atoms with Crippen molar-refractivity contribution in [2.45, 2.75) is 45.6 Å². The fraction of sp³-hybridized carbons (Fsp3) is 0.818. The molecule has 1 aromatic heterocycles. The summed E-state index contributed by atoms with van der Waals surface area (Å²) in [7, 11) is 0. The molecule has 0 radical (unpaired) electrons. The topological polar surface area (TPSA) is 109 Å². The molecule has 0 amide bonds. The summed E-state index contributed by atoms with van der Waals surface area (Å²) in [5.74, 6) is 7.57. The Morgan fingerprint density at radius 3 is 2.47 bits per heavy atom. The molecule has 1 aliphatic rings. The lowest BCUT2D eigenvalue weighted by molar-refractivity contribution is 0.0936. The highest BCUT2D eigenvalue weighted by Crippen LogP contribution is 2.49. The molecule has 3 atom stereocenters. The minimum absolute atomic E-state index is 0.0499. The first-order valence-electron chi connectivity index (χ1n) is 6.07. The van der Waals surface area contributed by atoms with E-state index < -0.39 is 0 Å². The van der Waals surface area contributed by atoms with Crippen LogP contribution in [0.5, 0.6) is 0 Å². The van der Waals surface area contributed by atoms with Crippen LogP contribution in [-0.4, -0.2) is 20.9 Å². The van der Waals surface area contributed by atoms with Gasteiger partial charge in [0.05, 0.1) is 0 Å². The highest BCUT2D eigenvalue weighted by atomic mass is 15.4. The highest BCUT2D eigenvalue weighted by Gasteiger charge is 2.44. The maximum Gasteiger partial charge on any atom is 0.240 e. The molecule has 6 nitrogen and oxygen atoms in total. The lowest BCUT2D eigenvalue weighted by atomic mass is 9.61. The molecule has 0 bridgehead atoms. The third-order valence-corrected chi connectivity index (χ3v) is 4.56. The fourth-order valence-electron chi connectivity index (χ4n) is 2.87. The van der Waals surface area contributed by atoms with Crippen molar-refractivity contribution < 1.29 is 0 Å². The smallest absolute Gasteiger partial charge is 0.240 e. The van der Waals surface area contributed by atoms with Crippen LogP contribution in [0.4, 0.5) is 5.95 Å². The molecule has 6 N–H and O–H groups in total. The molecule has 96 valence electrons. The van der Waals surface area contributed by atoms with Crippen molar-refractivity contribution in [3.8, 4) is 0 Å². The van der Waals surface area contributed by atoms with E-state index in [9.17, 15) is 0 Å². The second-order valence-corrected chi connectivity index (χ2v) is 5.69. The Bertz CT molecular complexity index is 410. The van der Waals surface area contributed by atoms with Gasteiger partial charge in [0.2, 0.25) is 5.95 Å². The lowest BCUT2D eigenvalue weighted by Crippen LogP contribution is -2.46. The number of anilines is 1. The van der Waals surface area contributed by atoms with Crippen LogP contribution in [0.25, 0.3) is 0 Å². The summed E-state index contributed by atoms with van der Waals surface area (Å²) in [6.45, 7) is 6.62. The first kappa shape index (κ1) is 12.2. The van der Waals surface area contributed by atoms with Crippen molar-refractivity contribution in [1.82, 2.24) is 14.9 Å². The van der Waals surface area contributed by atoms with Crippen molar-refractivity contribution >= 4 is 5.95 Å². The zero-order valence-corrected chi connectivity index (χ0v) is 10.7. The molecule has 0 aliphatic heterocycles. The van der Waals surface area contributed by atoms with Crippen LogP contribution in [0.2, 0.25) is 0 Å². The van der Waals surface area contributed by atoms with Crippen LogP contribution in [0, 0.1) is 11.3 Å². The summed E-state index contributed by atoms with van der Waals surface area (Å²) < 4.78 is 1.40. The third kappa shape index (κ3) is 1.76. The molecule has 2 rings (SSSR count).